The van der Waals surface area contributed by atoms with Crippen LogP contribution in [0.1, 0.15) is 24.6 Å². The van der Waals surface area contributed by atoms with Crippen molar-refractivity contribution in [2.24, 2.45) is 7.05 Å². The topological polar surface area (TPSA) is 21.1 Å². The number of hydrogen-bond acceptors (Lipinski definition) is 3. The van der Waals surface area contributed by atoms with Crippen LogP contribution in [-0.4, -0.2) is 39.3 Å². The van der Waals surface area contributed by atoms with Gasteiger partial charge in [-0.1, -0.05) is 6.92 Å². The van der Waals surface area contributed by atoms with E-state index in [0.717, 1.165) is 13.0 Å². The molecule has 0 spiro atoms. The third-order valence-electron chi connectivity index (χ3n) is 3.04. The lowest BCUT2D eigenvalue weighted by Crippen LogP contribution is -2.25. The summed E-state index contributed by atoms with van der Waals surface area (Å²) in [5.74, 6) is 2.60. The first-order valence-electron chi connectivity index (χ1n) is 6.11. The second kappa shape index (κ2) is 5.73. The van der Waals surface area contributed by atoms with Crippen molar-refractivity contribution in [1.29, 1.82) is 0 Å². The summed E-state index contributed by atoms with van der Waals surface area (Å²) in [4.78, 5) is 2.57. The monoisotopic (exact) mass is 239 g/mol. The van der Waals surface area contributed by atoms with E-state index < -0.39 is 0 Å². The summed E-state index contributed by atoms with van der Waals surface area (Å²) in [5.41, 5.74) is 2.68. The minimum atomic E-state index is 1.04. The third-order valence-corrected chi connectivity index (χ3v) is 4.08. The normalized spacial score (nSPS) is 18.6. The predicted octanol–water partition coefficient (Wildman–Crippen LogP) is 1.92. The number of rotatable bonds is 3. The molecule has 2 rings (SSSR count). The van der Waals surface area contributed by atoms with Crippen molar-refractivity contribution in [2.45, 2.75) is 26.3 Å². The van der Waals surface area contributed by atoms with E-state index in [1.54, 1.807) is 0 Å². The Bertz CT molecular complexity index is 327. The quantitative estimate of drug-likeness (QED) is 0.804. The predicted molar refractivity (Wildman–Crippen MR) is 69.8 cm³/mol. The molecule has 1 aromatic heterocycles. The Balaban J connectivity index is 2.01. The summed E-state index contributed by atoms with van der Waals surface area (Å²) in [7, 11) is 2.01. The maximum atomic E-state index is 4.50. The number of aryl methyl sites for hydroxylation is 2. The Morgan fingerprint density at radius 2 is 2.25 bits per heavy atom. The third kappa shape index (κ3) is 3.01. The van der Waals surface area contributed by atoms with Crippen LogP contribution >= 0.6 is 11.8 Å². The molecule has 90 valence electrons. The van der Waals surface area contributed by atoms with E-state index in [4.69, 9.17) is 0 Å². The molecule has 1 saturated heterocycles. The molecule has 2 heterocycles. The van der Waals surface area contributed by atoms with Gasteiger partial charge in [0, 0.05) is 37.7 Å². The molecule has 1 aliphatic heterocycles. The van der Waals surface area contributed by atoms with Crippen LogP contribution in [-0.2, 0) is 20.0 Å². The number of thioether (sulfide) groups is 1. The molecule has 0 radical (unpaired) electrons. The van der Waals surface area contributed by atoms with Crippen molar-refractivity contribution in [1.82, 2.24) is 14.7 Å². The van der Waals surface area contributed by atoms with Crippen LogP contribution in [0, 0.1) is 0 Å². The molecule has 0 aromatic carbocycles. The smallest absolute Gasteiger partial charge is 0.0666 e. The molecule has 0 N–H and O–H groups in total. The van der Waals surface area contributed by atoms with E-state index in [1.165, 1.54) is 42.3 Å². The molecule has 3 nitrogen and oxygen atoms in total. The fraction of sp³-hybridized carbons (Fsp3) is 0.750. The molecule has 0 atom stereocenters. The molecular weight excluding hydrogens is 218 g/mol. The molecule has 1 fully saturated rings. The Morgan fingerprint density at radius 1 is 1.38 bits per heavy atom. The average molecular weight is 239 g/mol. The Hall–Kier alpha value is -0.480. The summed E-state index contributed by atoms with van der Waals surface area (Å²) in [5, 5.41) is 4.50. The maximum absolute atomic E-state index is 4.50. The summed E-state index contributed by atoms with van der Waals surface area (Å²) in [6.07, 6.45) is 4.54. The van der Waals surface area contributed by atoms with Crippen LogP contribution in [0.3, 0.4) is 0 Å². The highest BCUT2D eigenvalue weighted by molar-refractivity contribution is 7.99. The van der Waals surface area contributed by atoms with Crippen LogP contribution in [0.25, 0.3) is 0 Å². The van der Waals surface area contributed by atoms with Crippen LogP contribution in [0.4, 0.5) is 0 Å². The molecule has 0 amide bonds. The van der Waals surface area contributed by atoms with Gasteiger partial charge >= 0.3 is 0 Å². The highest BCUT2D eigenvalue weighted by atomic mass is 32.2. The molecular formula is C12H21N3S. The van der Waals surface area contributed by atoms with E-state index in [-0.39, 0.29) is 0 Å². The summed E-state index contributed by atoms with van der Waals surface area (Å²) >= 11 is 2.08. The van der Waals surface area contributed by atoms with Crippen LogP contribution in [0.15, 0.2) is 6.20 Å². The first-order chi connectivity index (χ1) is 7.79. The fourth-order valence-corrected chi connectivity index (χ4v) is 3.13. The molecule has 0 bridgehead atoms. The van der Waals surface area contributed by atoms with Gasteiger partial charge < -0.3 is 0 Å². The van der Waals surface area contributed by atoms with Crippen molar-refractivity contribution >= 4 is 11.8 Å². The fourth-order valence-electron chi connectivity index (χ4n) is 2.21. The maximum Gasteiger partial charge on any atom is 0.0666 e. The average Bonchev–Trinajstić information content (AvgIpc) is 2.49. The van der Waals surface area contributed by atoms with Crippen LogP contribution in [0.2, 0.25) is 0 Å². The zero-order valence-electron chi connectivity index (χ0n) is 10.3. The first kappa shape index (κ1) is 12.0. The van der Waals surface area contributed by atoms with Crippen molar-refractivity contribution in [3.63, 3.8) is 0 Å². The lowest BCUT2D eigenvalue weighted by atomic mass is 10.2. The summed E-state index contributed by atoms with van der Waals surface area (Å²) < 4.78 is 1.95. The van der Waals surface area contributed by atoms with Crippen LogP contribution < -0.4 is 0 Å². The molecule has 1 aromatic rings. The van der Waals surface area contributed by atoms with E-state index in [9.17, 15) is 0 Å². The van der Waals surface area contributed by atoms with E-state index in [2.05, 4.69) is 34.9 Å². The second-order valence-electron chi connectivity index (χ2n) is 4.37. The number of hydrogen-bond donors (Lipinski definition) is 0. The van der Waals surface area contributed by atoms with Gasteiger partial charge in [-0.25, -0.2) is 0 Å². The van der Waals surface area contributed by atoms with Crippen molar-refractivity contribution < 1.29 is 0 Å². The molecule has 16 heavy (non-hydrogen) atoms. The minimum Gasteiger partial charge on any atom is -0.298 e. The Kier molecular flexibility index (Phi) is 4.29. The van der Waals surface area contributed by atoms with Crippen LogP contribution in [0.5, 0.6) is 0 Å². The summed E-state index contributed by atoms with van der Waals surface area (Å²) in [6.45, 7) is 5.73. The van der Waals surface area contributed by atoms with E-state index in [1.807, 2.05) is 11.7 Å². The zero-order chi connectivity index (χ0) is 11.4. The van der Waals surface area contributed by atoms with E-state index >= 15 is 0 Å². The van der Waals surface area contributed by atoms with Gasteiger partial charge in [0.2, 0.25) is 0 Å². The lowest BCUT2D eigenvalue weighted by Gasteiger charge is -2.18. The highest BCUT2D eigenvalue weighted by Crippen LogP contribution is 2.15. The largest absolute Gasteiger partial charge is 0.298 e. The molecule has 0 saturated carbocycles. The molecule has 1 aliphatic rings. The molecule has 4 heteroatoms. The lowest BCUT2D eigenvalue weighted by molar-refractivity contribution is 0.286. The van der Waals surface area contributed by atoms with Gasteiger partial charge in [-0.15, -0.1) is 0 Å². The number of aromatic nitrogens is 2. The SMILES string of the molecule is CCc1nn(C)cc1CN1CCCSCC1. The number of nitrogens with zero attached hydrogens (tertiary/aromatic N) is 3. The second-order valence-corrected chi connectivity index (χ2v) is 5.60. The Labute approximate surface area is 102 Å². The van der Waals surface area contributed by atoms with Gasteiger partial charge in [-0.05, 0) is 25.1 Å². The highest BCUT2D eigenvalue weighted by Gasteiger charge is 2.13. The van der Waals surface area contributed by atoms with Crippen molar-refractivity contribution in [2.75, 3.05) is 24.6 Å². The van der Waals surface area contributed by atoms with E-state index in [0.29, 0.717) is 0 Å². The van der Waals surface area contributed by atoms with Crippen molar-refractivity contribution in [3.8, 4) is 0 Å². The molecule has 0 unspecified atom stereocenters. The van der Waals surface area contributed by atoms with Gasteiger partial charge in [0.15, 0.2) is 0 Å². The zero-order valence-corrected chi connectivity index (χ0v) is 11.1. The van der Waals surface area contributed by atoms with Gasteiger partial charge in [-0.3, -0.25) is 9.58 Å². The molecule has 0 aliphatic carbocycles. The summed E-state index contributed by atoms with van der Waals surface area (Å²) in [6, 6.07) is 0. The van der Waals surface area contributed by atoms with Gasteiger partial charge in [0.1, 0.15) is 0 Å². The van der Waals surface area contributed by atoms with Gasteiger partial charge in [0.25, 0.3) is 0 Å². The van der Waals surface area contributed by atoms with Gasteiger partial charge in [-0.2, -0.15) is 16.9 Å². The van der Waals surface area contributed by atoms with Gasteiger partial charge in [0.05, 0.1) is 5.69 Å². The first-order valence-corrected chi connectivity index (χ1v) is 7.26. The standard InChI is InChI=1S/C12H21N3S/c1-3-12-11(9-14(2)13-12)10-15-5-4-7-16-8-6-15/h9H,3-8,10H2,1-2H3. The minimum absolute atomic E-state index is 1.04. The Morgan fingerprint density at radius 3 is 3.06 bits per heavy atom. The van der Waals surface area contributed by atoms with Crippen molar-refractivity contribution in [3.05, 3.63) is 17.5 Å².